The molecule has 0 saturated carbocycles. The number of para-hydroxylation sites is 1. The van der Waals surface area contributed by atoms with Crippen LogP contribution >= 0.6 is 0 Å². The molecule has 13 heavy (non-hydrogen) atoms. The molecule has 0 bridgehead atoms. The van der Waals surface area contributed by atoms with Crippen molar-refractivity contribution in [3.05, 3.63) is 35.4 Å². The van der Waals surface area contributed by atoms with Crippen LogP contribution in [0, 0.1) is 4.91 Å². The largest absolute Gasteiger partial charge is 0.183 e. The van der Waals surface area contributed by atoms with Gasteiger partial charge in [0.15, 0.2) is 16.9 Å². The zero-order valence-corrected chi connectivity index (χ0v) is 6.58. The molecule has 0 N–H and O–H groups in total. The monoisotopic (exact) mass is 173 g/mol. The lowest BCUT2D eigenvalue weighted by atomic mass is 10.2. The smallest absolute Gasteiger partial charge is 0.0592 e. The molecule has 2 aromatic heterocycles. The number of aromatic nitrogens is 4. The second-order valence-electron chi connectivity index (χ2n) is 2.81. The Bertz CT molecular complexity index is 630. The van der Waals surface area contributed by atoms with Crippen molar-refractivity contribution in [2.45, 2.75) is 0 Å². The third-order valence-electron chi connectivity index (χ3n) is 2.05. The van der Waals surface area contributed by atoms with Crippen molar-refractivity contribution in [2.24, 2.45) is 0 Å². The molecule has 5 heteroatoms. The minimum atomic E-state index is 0.655. The number of hydrogen-bond donors (Lipinski definition) is 0. The Balaban J connectivity index is 2.81. The van der Waals surface area contributed by atoms with Gasteiger partial charge in [0.2, 0.25) is 0 Å². The molecule has 5 nitrogen and oxygen atoms in total. The van der Waals surface area contributed by atoms with Crippen molar-refractivity contribution in [1.29, 1.82) is 0 Å². The predicted octanol–water partition coefficient (Wildman–Crippen LogP) is 0.235. The topological polar surface area (TPSA) is 53.2 Å². The Morgan fingerprint density at radius 2 is 2.23 bits per heavy atom. The number of benzene rings is 1. The molecule has 0 aliphatic carbocycles. The fraction of sp³-hybridized carbons (Fsp3) is 0. The van der Waals surface area contributed by atoms with Crippen LogP contribution in [0.15, 0.2) is 30.5 Å². The van der Waals surface area contributed by atoms with E-state index in [2.05, 4.69) is 10.3 Å². The third kappa shape index (κ3) is 0.703. The Morgan fingerprint density at radius 1 is 1.31 bits per heavy atom. The van der Waals surface area contributed by atoms with Gasteiger partial charge in [0.05, 0.1) is 9.17 Å². The van der Waals surface area contributed by atoms with Crippen LogP contribution in [-0.2, 0) is 0 Å². The molecule has 0 aliphatic heterocycles. The molecule has 0 saturated heterocycles. The first kappa shape index (κ1) is 6.47. The zero-order chi connectivity index (χ0) is 8.84. The molecule has 0 aliphatic rings. The van der Waals surface area contributed by atoms with Crippen LogP contribution in [-0.4, -0.2) is 14.9 Å². The van der Waals surface area contributed by atoms with Crippen molar-refractivity contribution < 1.29 is 4.54 Å². The minimum absolute atomic E-state index is 0.655. The highest BCUT2D eigenvalue weighted by molar-refractivity contribution is 5.91. The molecule has 0 amide bonds. The summed E-state index contributed by atoms with van der Waals surface area (Å²) in [4.78, 5) is 11.2. The van der Waals surface area contributed by atoms with Crippen LogP contribution in [0.3, 0.4) is 0 Å². The first-order valence-electron chi connectivity index (χ1n) is 3.85. The highest BCUT2D eigenvalue weighted by Crippen LogP contribution is 2.15. The van der Waals surface area contributed by atoms with Gasteiger partial charge in [-0.1, -0.05) is 12.1 Å². The standard InChI is InChI=1S/C8H5N4O/c13-11-5-4-6-2-1-3-7-8(6)12(11)10-9-7/h1-5H/q+1. The average molecular weight is 173 g/mol. The van der Waals surface area contributed by atoms with Crippen LogP contribution in [0.5, 0.6) is 0 Å². The first-order valence-corrected chi connectivity index (χ1v) is 3.85. The van der Waals surface area contributed by atoms with Crippen molar-refractivity contribution in [3.63, 3.8) is 0 Å². The summed E-state index contributed by atoms with van der Waals surface area (Å²) in [5, 5.41) is 8.57. The van der Waals surface area contributed by atoms with E-state index >= 15 is 0 Å². The van der Waals surface area contributed by atoms with Crippen LogP contribution in [0.4, 0.5) is 0 Å². The molecular formula is C8H5N4O+. The quantitative estimate of drug-likeness (QED) is 0.457. The lowest BCUT2D eigenvalue weighted by molar-refractivity contribution is -0.584. The molecule has 0 spiro atoms. The van der Waals surface area contributed by atoms with Crippen LogP contribution in [0.1, 0.15) is 0 Å². The minimum Gasteiger partial charge on any atom is -0.0592 e. The van der Waals surface area contributed by atoms with E-state index in [0.29, 0.717) is 4.54 Å². The SMILES string of the molecule is O=[n+]1ccc2cccc3nnn1c23. The van der Waals surface area contributed by atoms with E-state index in [1.54, 1.807) is 6.07 Å². The van der Waals surface area contributed by atoms with Gasteiger partial charge in [-0.15, -0.1) is 0 Å². The number of hydrogen-bond acceptors (Lipinski definition) is 3. The van der Waals surface area contributed by atoms with E-state index in [4.69, 9.17) is 0 Å². The fourth-order valence-electron chi connectivity index (χ4n) is 1.46. The summed E-state index contributed by atoms with van der Waals surface area (Å²) in [6.07, 6.45) is 1.41. The van der Waals surface area contributed by atoms with Gasteiger partial charge in [-0.2, -0.15) is 0 Å². The normalized spacial score (nSPS) is 11.4. The van der Waals surface area contributed by atoms with E-state index in [-0.39, 0.29) is 0 Å². The van der Waals surface area contributed by atoms with E-state index in [9.17, 15) is 4.91 Å². The Hall–Kier alpha value is -2.04. The van der Waals surface area contributed by atoms with Gasteiger partial charge in [-0.05, 0) is 22.1 Å². The van der Waals surface area contributed by atoms with Gasteiger partial charge < -0.3 is 0 Å². The summed E-state index contributed by atoms with van der Waals surface area (Å²) in [6.45, 7) is 0. The molecule has 2 heterocycles. The number of rotatable bonds is 0. The Kier molecular flexibility index (Phi) is 0.999. The molecule has 0 atom stereocenters. The van der Waals surface area contributed by atoms with E-state index in [1.165, 1.54) is 10.8 Å². The van der Waals surface area contributed by atoms with E-state index < -0.39 is 0 Å². The second kappa shape index (κ2) is 2.01. The van der Waals surface area contributed by atoms with Crippen molar-refractivity contribution in [3.8, 4) is 0 Å². The molecule has 0 unspecified atom stereocenters. The van der Waals surface area contributed by atoms with Crippen molar-refractivity contribution in [2.75, 3.05) is 0 Å². The van der Waals surface area contributed by atoms with Gasteiger partial charge in [0.25, 0.3) is 0 Å². The predicted molar refractivity (Wildman–Crippen MR) is 45.0 cm³/mol. The highest BCUT2D eigenvalue weighted by atomic mass is 16.3. The van der Waals surface area contributed by atoms with Crippen LogP contribution < -0.4 is 4.54 Å². The zero-order valence-electron chi connectivity index (χ0n) is 6.58. The average Bonchev–Trinajstić information content (AvgIpc) is 2.57. The molecule has 3 rings (SSSR count). The van der Waals surface area contributed by atoms with Gasteiger partial charge in [-0.3, -0.25) is 0 Å². The molecular weight excluding hydrogens is 168 g/mol. The van der Waals surface area contributed by atoms with Crippen LogP contribution in [0.25, 0.3) is 16.4 Å². The summed E-state index contributed by atoms with van der Waals surface area (Å²) in [6, 6.07) is 7.39. The van der Waals surface area contributed by atoms with Gasteiger partial charge in [0.1, 0.15) is 5.52 Å². The fourth-order valence-corrected chi connectivity index (χ4v) is 1.46. The number of nitrogens with zero attached hydrogens (tertiary/aromatic N) is 4. The summed E-state index contributed by atoms with van der Waals surface area (Å²) < 4.78 is 1.90. The second-order valence-corrected chi connectivity index (χ2v) is 2.81. The van der Waals surface area contributed by atoms with Crippen molar-refractivity contribution in [1.82, 2.24) is 14.9 Å². The maximum atomic E-state index is 11.2. The molecule has 0 radical (unpaired) electrons. The Labute approximate surface area is 72.1 Å². The van der Waals surface area contributed by atoms with Gasteiger partial charge in [-0.25, -0.2) is 0 Å². The summed E-state index contributed by atoms with van der Waals surface area (Å²) in [5.74, 6) is 0. The molecule has 0 fully saturated rings. The maximum Gasteiger partial charge on any atom is 0.183 e. The summed E-state index contributed by atoms with van der Waals surface area (Å²) in [7, 11) is 0. The third-order valence-corrected chi connectivity index (χ3v) is 2.05. The van der Waals surface area contributed by atoms with Crippen LogP contribution in [0.2, 0.25) is 0 Å². The highest BCUT2D eigenvalue weighted by Gasteiger charge is 2.12. The Morgan fingerprint density at radius 3 is 3.15 bits per heavy atom. The molecule has 3 aromatic rings. The molecule has 62 valence electrons. The lowest BCUT2D eigenvalue weighted by Gasteiger charge is -1.88. The van der Waals surface area contributed by atoms with Gasteiger partial charge >= 0.3 is 0 Å². The van der Waals surface area contributed by atoms with E-state index in [1.807, 2.05) is 18.2 Å². The van der Waals surface area contributed by atoms with Gasteiger partial charge in [0, 0.05) is 5.39 Å². The van der Waals surface area contributed by atoms with Crippen molar-refractivity contribution >= 4 is 16.4 Å². The summed E-state index contributed by atoms with van der Waals surface area (Å²) >= 11 is 0. The lowest BCUT2D eigenvalue weighted by Crippen LogP contribution is -2.25. The first-order chi connectivity index (χ1) is 6.36. The molecule has 1 aromatic carbocycles. The maximum absolute atomic E-state index is 11.2. The summed E-state index contributed by atoms with van der Waals surface area (Å²) in [5.41, 5.74) is 1.50. The van der Waals surface area contributed by atoms with E-state index in [0.717, 1.165) is 16.4 Å².